The molecule has 2 aromatic carbocycles. The van der Waals surface area contributed by atoms with Gasteiger partial charge in [0.05, 0.1) is 0 Å². The molecule has 0 radical (unpaired) electrons. The number of para-hydroxylation sites is 2. The molecule has 1 saturated heterocycles. The van der Waals surface area contributed by atoms with E-state index in [-0.39, 0.29) is 11.8 Å². The number of carbonyl (C=O) groups is 1. The van der Waals surface area contributed by atoms with Crippen molar-refractivity contribution in [1.82, 2.24) is 4.90 Å². The number of hydrogen-bond donors (Lipinski definition) is 1. The number of carbonyl (C=O) groups excluding carboxylic acids is 1. The zero-order chi connectivity index (χ0) is 16.2. The van der Waals surface area contributed by atoms with E-state index in [9.17, 15) is 9.90 Å². The maximum atomic E-state index is 12.9. The molecule has 2 atom stereocenters. The van der Waals surface area contributed by atoms with E-state index in [1.54, 1.807) is 18.0 Å². The zero-order valence-corrected chi connectivity index (χ0v) is 13.2. The molecule has 1 fully saturated rings. The Kier molecular flexibility index (Phi) is 3.00. The molecule has 0 spiro atoms. The summed E-state index contributed by atoms with van der Waals surface area (Å²) < 4.78 is 6.14. The van der Waals surface area contributed by atoms with Gasteiger partial charge in [-0.25, -0.2) is 0 Å². The lowest BCUT2D eigenvalue weighted by Crippen LogP contribution is -2.53. The van der Waals surface area contributed by atoms with Crippen LogP contribution in [0.3, 0.4) is 0 Å². The summed E-state index contributed by atoms with van der Waals surface area (Å²) in [6.45, 7) is 2.56. The Hall–Kier alpha value is -2.33. The van der Waals surface area contributed by atoms with Crippen LogP contribution < -0.4 is 4.74 Å². The van der Waals surface area contributed by atoms with Gasteiger partial charge in [0, 0.05) is 30.6 Å². The van der Waals surface area contributed by atoms with Gasteiger partial charge in [-0.1, -0.05) is 36.4 Å². The summed E-state index contributed by atoms with van der Waals surface area (Å²) in [6.07, 6.45) is 0.701. The van der Waals surface area contributed by atoms with Crippen LogP contribution in [0.2, 0.25) is 0 Å². The molecule has 4 rings (SSSR count). The second-order valence-corrected chi connectivity index (χ2v) is 6.43. The van der Waals surface area contributed by atoms with Crippen LogP contribution in [0.4, 0.5) is 0 Å². The number of aryl methyl sites for hydroxylation is 1. The summed E-state index contributed by atoms with van der Waals surface area (Å²) >= 11 is 0. The third kappa shape index (κ3) is 1.85. The van der Waals surface area contributed by atoms with Gasteiger partial charge in [-0.05, 0) is 25.0 Å². The van der Waals surface area contributed by atoms with Crippen LogP contribution in [0.15, 0.2) is 42.5 Å². The first-order valence-electron chi connectivity index (χ1n) is 7.88. The first-order chi connectivity index (χ1) is 11.0. The van der Waals surface area contributed by atoms with Crippen LogP contribution in [0.5, 0.6) is 11.5 Å². The van der Waals surface area contributed by atoms with E-state index >= 15 is 0 Å². The highest BCUT2D eigenvalue weighted by Gasteiger charge is 2.54. The number of likely N-dealkylation sites (tertiary alicyclic amines) is 1. The molecule has 4 nitrogen and oxygen atoms in total. The Labute approximate surface area is 135 Å². The smallest absolute Gasteiger partial charge is 0.259 e. The molecule has 23 heavy (non-hydrogen) atoms. The van der Waals surface area contributed by atoms with Crippen molar-refractivity contribution in [2.75, 3.05) is 13.6 Å². The molecular weight excluding hydrogens is 290 g/mol. The van der Waals surface area contributed by atoms with Gasteiger partial charge in [0.25, 0.3) is 5.91 Å². The van der Waals surface area contributed by atoms with Crippen molar-refractivity contribution in [3.63, 3.8) is 0 Å². The minimum Gasteiger partial charge on any atom is -0.456 e. The minimum atomic E-state index is -1.58. The molecule has 4 heteroatoms. The normalized spacial score (nSPS) is 25.8. The molecule has 2 aliphatic rings. The third-order valence-electron chi connectivity index (χ3n) is 5.06. The lowest BCUT2D eigenvalue weighted by molar-refractivity contribution is -0.159. The van der Waals surface area contributed by atoms with Gasteiger partial charge in [-0.15, -0.1) is 0 Å². The first kappa shape index (κ1) is 14.3. The molecule has 0 saturated carbocycles. The molecule has 118 valence electrons. The van der Waals surface area contributed by atoms with Gasteiger partial charge < -0.3 is 14.7 Å². The van der Waals surface area contributed by atoms with Gasteiger partial charge in [0.15, 0.2) is 5.60 Å². The van der Waals surface area contributed by atoms with Crippen LogP contribution in [-0.4, -0.2) is 29.5 Å². The van der Waals surface area contributed by atoms with Crippen LogP contribution >= 0.6 is 0 Å². The van der Waals surface area contributed by atoms with Gasteiger partial charge in [0.1, 0.15) is 11.5 Å². The number of ether oxygens (including phenoxy) is 1. The summed E-state index contributed by atoms with van der Waals surface area (Å²) in [4.78, 5) is 14.5. The highest BCUT2D eigenvalue weighted by molar-refractivity contribution is 5.90. The molecule has 1 N–H and O–H groups in total. The van der Waals surface area contributed by atoms with Crippen molar-refractivity contribution in [2.45, 2.75) is 24.9 Å². The van der Waals surface area contributed by atoms with E-state index in [0.29, 0.717) is 24.3 Å². The number of amides is 1. The minimum absolute atomic E-state index is 0.263. The van der Waals surface area contributed by atoms with Crippen LogP contribution in [0.25, 0.3) is 0 Å². The Morgan fingerprint density at radius 2 is 2.00 bits per heavy atom. The van der Waals surface area contributed by atoms with Gasteiger partial charge in [-0.3, -0.25) is 4.79 Å². The summed E-state index contributed by atoms with van der Waals surface area (Å²) in [5.74, 6) is 0.751. The van der Waals surface area contributed by atoms with E-state index in [1.807, 2.05) is 43.3 Å². The lowest BCUT2D eigenvalue weighted by Gasteiger charge is -2.42. The number of rotatable bonds is 0. The molecule has 0 unspecified atom stereocenters. The van der Waals surface area contributed by atoms with Gasteiger partial charge in [0.2, 0.25) is 0 Å². The van der Waals surface area contributed by atoms with Gasteiger partial charge >= 0.3 is 0 Å². The van der Waals surface area contributed by atoms with E-state index in [0.717, 1.165) is 16.9 Å². The molecule has 0 bridgehead atoms. The zero-order valence-electron chi connectivity index (χ0n) is 13.2. The monoisotopic (exact) mass is 309 g/mol. The van der Waals surface area contributed by atoms with E-state index in [2.05, 4.69) is 0 Å². The summed E-state index contributed by atoms with van der Waals surface area (Å²) in [5, 5.41) is 11.6. The van der Waals surface area contributed by atoms with E-state index in [1.165, 1.54) is 0 Å². The predicted molar refractivity (Wildman–Crippen MR) is 86.6 cm³/mol. The molecule has 0 aromatic heterocycles. The maximum Gasteiger partial charge on any atom is 0.259 e. The van der Waals surface area contributed by atoms with Crippen molar-refractivity contribution in [3.8, 4) is 11.5 Å². The topological polar surface area (TPSA) is 49.8 Å². The second kappa shape index (κ2) is 4.83. The Morgan fingerprint density at radius 1 is 1.22 bits per heavy atom. The molecule has 0 aliphatic carbocycles. The Bertz CT molecular complexity index is 801. The first-order valence-corrected chi connectivity index (χ1v) is 7.88. The average molecular weight is 309 g/mol. The average Bonchev–Trinajstić information content (AvgIpc) is 2.66. The third-order valence-corrected chi connectivity index (χ3v) is 5.06. The second-order valence-electron chi connectivity index (χ2n) is 6.43. The number of piperidine rings is 1. The van der Waals surface area contributed by atoms with Crippen LogP contribution in [0.1, 0.15) is 29.0 Å². The van der Waals surface area contributed by atoms with Gasteiger partial charge in [-0.2, -0.15) is 0 Å². The number of nitrogens with zero attached hydrogens (tertiary/aromatic N) is 1. The van der Waals surface area contributed by atoms with E-state index in [4.69, 9.17) is 4.74 Å². The number of aliphatic hydroxyl groups is 1. The van der Waals surface area contributed by atoms with Crippen molar-refractivity contribution in [2.24, 2.45) is 0 Å². The predicted octanol–water partition coefficient (Wildman–Crippen LogP) is 2.93. The highest BCUT2D eigenvalue weighted by Crippen LogP contribution is 2.53. The Morgan fingerprint density at radius 3 is 2.83 bits per heavy atom. The summed E-state index contributed by atoms with van der Waals surface area (Å²) in [5.41, 5.74) is 0.788. The fraction of sp³-hybridized carbons (Fsp3) is 0.316. The number of hydrogen-bond acceptors (Lipinski definition) is 3. The van der Waals surface area contributed by atoms with Crippen molar-refractivity contribution >= 4 is 5.91 Å². The summed E-state index contributed by atoms with van der Waals surface area (Å²) in [7, 11) is 1.74. The highest BCUT2D eigenvalue weighted by atomic mass is 16.5. The SMILES string of the molecule is Cc1cccc2c1Oc1ccccc1[C@H]1CCN(C)C(=O)[C@@]21O. The Balaban J connectivity index is 2.06. The summed E-state index contributed by atoms with van der Waals surface area (Å²) in [6, 6.07) is 13.3. The van der Waals surface area contributed by atoms with E-state index < -0.39 is 5.60 Å². The fourth-order valence-corrected chi connectivity index (χ4v) is 3.82. The van der Waals surface area contributed by atoms with Crippen molar-refractivity contribution < 1.29 is 14.6 Å². The maximum absolute atomic E-state index is 12.9. The molecule has 2 aliphatic heterocycles. The van der Waals surface area contributed by atoms with Crippen molar-refractivity contribution in [1.29, 1.82) is 0 Å². The number of fused-ring (bicyclic) bond motifs is 5. The largest absolute Gasteiger partial charge is 0.456 e. The number of likely N-dealkylation sites (N-methyl/N-ethyl adjacent to an activating group) is 1. The lowest BCUT2D eigenvalue weighted by atomic mass is 9.72. The standard InChI is InChI=1S/C19H19NO3/c1-12-6-5-8-15-17(12)23-16-9-4-3-7-13(16)14-10-11-20(2)18(21)19(14,15)22/h3-9,14,22H,10-11H2,1-2H3/t14-,19+/m1/s1. The van der Waals surface area contributed by atoms with Crippen molar-refractivity contribution in [3.05, 3.63) is 59.2 Å². The fourth-order valence-electron chi connectivity index (χ4n) is 3.82. The van der Waals surface area contributed by atoms with Crippen LogP contribution in [-0.2, 0) is 10.4 Å². The quantitative estimate of drug-likeness (QED) is 0.814. The molecule has 2 aromatic rings. The molecule has 2 heterocycles. The number of benzene rings is 2. The van der Waals surface area contributed by atoms with Crippen LogP contribution in [0, 0.1) is 6.92 Å². The molecular formula is C19H19NO3. The molecule has 1 amide bonds.